The summed E-state index contributed by atoms with van der Waals surface area (Å²) in [5, 5.41) is 35.2. The number of rotatable bonds is 1. The number of nitrogens with zero attached hydrogens (tertiary/aromatic N) is 3. The van der Waals surface area contributed by atoms with E-state index < -0.39 is 17.3 Å². The van der Waals surface area contributed by atoms with Gasteiger partial charge in [0, 0.05) is 0 Å². The van der Waals surface area contributed by atoms with Crippen LogP contribution in [0.5, 0.6) is 0 Å². The van der Waals surface area contributed by atoms with Gasteiger partial charge >= 0.3 is 0 Å². The lowest BCUT2D eigenvalue weighted by molar-refractivity contribution is -0.126. The van der Waals surface area contributed by atoms with Gasteiger partial charge in [-0.05, 0) is 43.4 Å². The molecule has 2 aliphatic carbocycles. The lowest BCUT2D eigenvalue weighted by Gasteiger charge is -2.38. The van der Waals surface area contributed by atoms with E-state index in [2.05, 4.69) is 18.2 Å². The van der Waals surface area contributed by atoms with Crippen LogP contribution in [0.2, 0.25) is 0 Å². The lowest BCUT2D eigenvalue weighted by Crippen LogP contribution is -2.58. The van der Waals surface area contributed by atoms with Crippen LogP contribution in [0.25, 0.3) is 0 Å². The van der Waals surface area contributed by atoms with Crippen LogP contribution < -0.4 is 5.41 Å². The van der Waals surface area contributed by atoms with Crippen LogP contribution in [0.3, 0.4) is 0 Å². The van der Waals surface area contributed by atoms with Crippen LogP contribution in [0.4, 0.5) is 0 Å². The Morgan fingerprint density at radius 1 is 1.14 bits per heavy atom. The number of furan rings is 1. The molecule has 0 unspecified atom stereocenters. The minimum Gasteiger partial charge on any atom is -0.469 e. The Morgan fingerprint density at radius 3 is 2.36 bits per heavy atom. The first-order valence-electron chi connectivity index (χ1n) is 7.29. The highest BCUT2D eigenvalue weighted by atomic mass is 16.3. The molecule has 1 aromatic heterocycles. The zero-order valence-electron chi connectivity index (χ0n) is 12.0. The summed E-state index contributed by atoms with van der Waals surface area (Å²) in [7, 11) is 0. The van der Waals surface area contributed by atoms with Gasteiger partial charge in [0.15, 0.2) is 0 Å². The fourth-order valence-corrected chi connectivity index (χ4v) is 3.73. The third-order valence-corrected chi connectivity index (χ3v) is 4.76. The molecule has 0 aliphatic heterocycles. The zero-order chi connectivity index (χ0) is 15.7. The molecule has 5 nitrogen and oxygen atoms in total. The quantitative estimate of drug-likeness (QED) is 0.792. The van der Waals surface area contributed by atoms with Gasteiger partial charge in [-0.3, -0.25) is 5.41 Å². The van der Waals surface area contributed by atoms with Crippen molar-refractivity contribution in [3.05, 3.63) is 35.3 Å². The molecule has 108 valence electrons. The second-order valence-electron chi connectivity index (χ2n) is 5.76. The Kier molecular flexibility index (Phi) is 3.32. The first-order chi connectivity index (χ1) is 10.7. The third-order valence-electron chi connectivity index (χ3n) is 4.76. The van der Waals surface area contributed by atoms with Crippen LogP contribution >= 0.6 is 0 Å². The minimum absolute atomic E-state index is 0.141. The smallest absolute Gasteiger partial charge is 0.237 e. The minimum atomic E-state index is -1.55. The summed E-state index contributed by atoms with van der Waals surface area (Å²) in [6.45, 7) is 0. The monoisotopic (exact) mass is 291 g/mol. The molecule has 0 spiro atoms. The number of hydrogen-bond acceptors (Lipinski definition) is 4. The van der Waals surface area contributed by atoms with Crippen molar-refractivity contribution in [2.75, 3.05) is 0 Å². The summed E-state index contributed by atoms with van der Waals surface area (Å²) < 4.78 is 5.51. The van der Waals surface area contributed by atoms with Crippen LogP contribution in [-0.4, -0.2) is 5.71 Å². The van der Waals surface area contributed by atoms with Crippen molar-refractivity contribution in [3.63, 3.8) is 0 Å². The molecular formula is C17H15N4O+. The van der Waals surface area contributed by atoms with Crippen LogP contribution in [0, 0.1) is 45.3 Å². The Morgan fingerprint density at radius 2 is 1.82 bits per heavy atom. The van der Waals surface area contributed by atoms with E-state index in [9.17, 15) is 15.8 Å². The van der Waals surface area contributed by atoms with Gasteiger partial charge in [-0.15, -0.1) is 0 Å². The molecule has 1 aromatic rings. The summed E-state index contributed by atoms with van der Waals surface area (Å²) in [4.78, 5) is 0. The molecule has 0 fully saturated rings. The number of nitriles is 3. The standard InChI is InChI=1S/C17H14N4O/c18-8-13-11-4-1-2-5-12(11)15(14-6-3-7-22-14)17(9-19,10-20)16(13)21/h3,6-7,13,15,21H,1-2,4-5H2/p+1/t13-,15-/m0/s1. The Labute approximate surface area is 128 Å². The lowest BCUT2D eigenvalue weighted by atomic mass is 9.57. The fraction of sp³-hybridized carbons (Fsp3) is 0.412. The summed E-state index contributed by atoms with van der Waals surface area (Å²) in [6.07, 6.45) is 5.09. The van der Waals surface area contributed by atoms with E-state index in [-0.39, 0.29) is 5.71 Å². The van der Waals surface area contributed by atoms with E-state index in [1.54, 1.807) is 12.1 Å². The van der Waals surface area contributed by atoms with Gasteiger partial charge in [0.25, 0.3) is 0 Å². The van der Waals surface area contributed by atoms with Crippen molar-refractivity contribution in [1.29, 1.82) is 15.8 Å². The Bertz CT molecular complexity index is 753. The van der Waals surface area contributed by atoms with Crippen molar-refractivity contribution in [2.45, 2.75) is 31.6 Å². The molecule has 2 aliphatic rings. The molecule has 5 heteroatoms. The van der Waals surface area contributed by atoms with Gasteiger partial charge in [0.2, 0.25) is 11.1 Å². The first-order valence-corrected chi connectivity index (χ1v) is 7.29. The van der Waals surface area contributed by atoms with Crippen LogP contribution in [0.1, 0.15) is 37.4 Å². The van der Waals surface area contributed by atoms with E-state index in [1.165, 1.54) is 6.26 Å². The molecule has 0 aromatic carbocycles. The van der Waals surface area contributed by atoms with E-state index in [1.807, 2.05) is 0 Å². The van der Waals surface area contributed by atoms with Gasteiger partial charge in [0.05, 0.1) is 30.4 Å². The van der Waals surface area contributed by atoms with Crippen LogP contribution in [0.15, 0.2) is 34.0 Å². The maximum Gasteiger partial charge on any atom is 0.237 e. The van der Waals surface area contributed by atoms with Crippen molar-refractivity contribution in [2.24, 2.45) is 11.3 Å². The molecule has 22 heavy (non-hydrogen) atoms. The average Bonchev–Trinajstić information content (AvgIpc) is 3.08. The maximum absolute atomic E-state index is 9.74. The van der Waals surface area contributed by atoms with Gasteiger partial charge in [-0.2, -0.15) is 15.8 Å². The first kappa shape index (κ1) is 14.1. The highest BCUT2D eigenvalue weighted by Crippen LogP contribution is 2.52. The number of nitrogens with two attached hydrogens (primary N) is 1. The normalized spacial score (nSPS) is 26.5. The van der Waals surface area contributed by atoms with Gasteiger partial charge in [-0.1, -0.05) is 5.57 Å². The van der Waals surface area contributed by atoms with Gasteiger partial charge < -0.3 is 4.42 Å². The second-order valence-corrected chi connectivity index (χ2v) is 5.76. The van der Waals surface area contributed by atoms with Crippen LogP contribution in [-0.2, 0) is 0 Å². The molecule has 3 rings (SSSR count). The van der Waals surface area contributed by atoms with E-state index in [0.717, 1.165) is 36.8 Å². The Balaban J connectivity index is 2.31. The second kappa shape index (κ2) is 5.17. The molecule has 2 N–H and O–H groups in total. The molecule has 1 heterocycles. The van der Waals surface area contributed by atoms with Gasteiger partial charge in [-0.25, -0.2) is 0 Å². The SMILES string of the molecule is N#C[C@@H]1C(=[NH2+])C(C#N)(C#N)[C@H](c2ccco2)C2=C1CCCC2. The largest absolute Gasteiger partial charge is 0.469 e. The third kappa shape index (κ3) is 1.71. The summed E-state index contributed by atoms with van der Waals surface area (Å²) in [5.74, 6) is -0.602. The maximum atomic E-state index is 9.74. The highest BCUT2D eigenvalue weighted by molar-refractivity contribution is 5.99. The number of allylic oxidation sites excluding steroid dienone is 2. The highest BCUT2D eigenvalue weighted by Gasteiger charge is 2.58. The zero-order valence-corrected chi connectivity index (χ0v) is 12.0. The molecule has 2 atom stereocenters. The van der Waals surface area contributed by atoms with Crippen molar-refractivity contribution in [1.82, 2.24) is 0 Å². The van der Waals surface area contributed by atoms with E-state index in [4.69, 9.17) is 9.83 Å². The molecule has 0 saturated heterocycles. The topological polar surface area (TPSA) is 110 Å². The molecule has 0 amide bonds. The Hall–Kier alpha value is -2.84. The van der Waals surface area contributed by atoms with Crippen molar-refractivity contribution in [3.8, 4) is 18.2 Å². The molecule has 0 saturated carbocycles. The molecular weight excluding hydrogens is 276 g/mol. The average molecular weight is 291 g/mol. The predicted molar refractivity (Wildman–Crippen MR) is 76.6 cm³/mol. The van der Waals surface area contributed by atoms with E-state index in [0.29, 0.717) is 5.76 Å². The van der Waals surface area contributed by atoms with Crippen molar-refractivity contribution < 1.29 is 9.83 Å². The predicted octanol–water partition coefficient (Wildman–Crippen LogP) is 1.62. The van der Waals surface area contributed by atoms with E-state index >= 15 is 0 Å². The van der Waals surface area contributed by atoms with Crippen molar-refractivity contribution >= 4 is 5.71 Å². The fourth-order valence-electron chi connectivity index (χ4n) is 3.73. The summed E-state index contributed by atoms with van der Waals surface area (Å²) in [6, 6.07) is 9.87. The molecule has 0 radical (unpaired) electrons. The molecule has 0 bridgehead atoms. The summed E-state index contributed by atoms with van der Waals surface area (Å²) >= 11 is 0. The summed E-state index contributed by atoms with van der Waals surface area (Å²) in [5.41, 5.74) is 0.565. The number of hydrogen-bond donors (Lipinski definition) is 1. The van der Waals surface area contributed by atoms with Gasteiger partial charge in [0.1, 0.15) is 11.7 Å².